The highest BCUT2D eigenvalue weighted by Gasteiger charge is 2.17. The van der Waals surface area contributed by atoms with Crippen molar-refractivity contribution in [1.82, 2.24) is 4.90 Å². The van der Waals surface area contributed by atoms with E-state index in [1.807, 2.05) is 24.8 Å². The van der Waals surface area contributed by atoms with Crippen molar-refractivity contribution in [2.45, 2.75) is 54.4 Å². The van der Waals surface area contributed by atoms with Gasteiger partial charge in [0, 0.05) is 13.1 Å². The third-order valence-corrected chi connectivity index (χ3v) is 2.58. The topological polar surface area (TPSA) is 29.5 Å². The van der Waals surface area contributed by atoms with Gasteiger partial charge in [-0.25, -0.2) is 4.79 Å². The van der Waals surface area contributed by atoms with E-state index in [1.54, 1.807) is 0 Å². The molecule has 0 saturated carbocycles. The van der Waals surface area contributed by atoms with Crippen molar-refractivity contribution in [1.29, 1.82) is 0 Å². The predicted molar refractivity (Wildman–Crippen MR) is 76.7 cm³/mol. The smallest absolute Gasteiger partial charge is 0.410 e. The number of hydrogen-bond donors (Lipinski definition) is 0. The van der Waals surface area contributed by atoms with E-state index in [-0.39, 0.29) is 11.5 Å². The summed E-state index contributed by atoms with van der Waals surface area (Å²) in [7, 11) is 0. The Hall–Kier alpha value is -0.990. The average molecular weight is 255 g/mol. The van der Waals surface area contributed by atoms with Gasteiger partial charge in [-0.1, -0.05) is 33.3 Å². The lowest BCUT2D eigenvalue weighted by Gasteiger charge is -2.26. The molecule has 0 unspecified atom stereocenters. The summed E-state index contributed by atoms with van der Waals surface area (Å²) < 4.78 is 5.24. The van der Waals surface area contributed by atoms with Crippen LogP contribution in [0.4, 0.5) is 4.79 Å². The third kappa shape index (κ3) is 9.08. The minimum Gasteiger partial charge on any atom is -0.445 e. The van der Waals surface area contributed by atoms with Gasteiger partial charge in [0.25, 0.3) is 0 Å². The minimum absolute atomic E-state index is 0.196. The molecule has 0 aromatic carbocycles. The molecule has 0 bridgehead atoms. The summed E-state index contributed by atoms with van der Waals surface area (Å²) in [5.74, 6) is 0. The Bertz CT molecular complexity index is 273. The molecule has 0 fully saturated rings. The Balaban J connectivity index is 4.23. The molecule has 1 amide bonds. The number of amides is 1. The lowest BCUT2D eigenvalue weighted by Crippen LogP contribution is -2.35. The number of nitrogens with zero attached hydrogens (tertiary/aromatic N) is 1. The van der Waals surface area contributed by atoms with Gasteiger partial charge in [0.1, 0.15) is 6.61 Å². The van der Waals surface area contributed by atoms with E-state index in [4.69, 9.17) is 4.74 Å². The summed E-state index contributed by atoms with van der Waals surface area (Å²) in [6.45, 7) is 14.5. The van der Waals surface area contributed by atoms with Gasteiger partial charge >= 0.3 is 6.09 Å². The van der Waals surface area contributed by atoms with Gasteiger partial charge in [-0.3, -0.25) is 0 Å². The molecule has 0 aromatic rings. The van der Waals surface area contributed by atoms with E-state index in [1.165, 1.54) is 5.57 Å². The maximum Gasteiger partial charge on any atom is 0.410 e. The highest BCUT2D eigenvalue weighted by atomic mass is 16.6. The van der Waals surface area contributed by atoms with E-state index >= 15 is 0 Å². The Morgan fingerprint density at radius 2 is 1.83 bits per heavy atom. The summed E-state index contributed by atoms with van der Waals surface area (Å²) >= 11 is 0. The molecule has 3 heteroatoms. The van der Waals surface area contributed by atoms with Crippen molar-refractivity contribution < 1.29 is 9.53 Å². The van der Waals surface area contributed by atoms with Crippen LogP contribution in [0.5, 0.6) is 0 Å². The minimum atomic E-state index is -0.196. The molecule has 0 N–H and O–H groups in total. The zero-order valence-corrected chi connectivity index (χ0v) is 12.9. The molecule has 0 radical (unpaired) electrons. The normalized spacial score (nSPS) is 11.0. The molecular formula is C15H29NO2. The molecule has 0 spiro atoms. The molecule has 0 atom stereocenters. The van der Waals surface area contributed by atoms with Gasteiger partial charge < -0.3 is 9.64 Å². The summed E-state index contributed by atoms with van der Waals surface area (Å²) in [5.41, 5.74) is 1.41. The third-order valence-electron chi connectivity index (χ3n) is 2.58. The summed E-state index contributed by atoms with van der Waals surface area (Å²) in [6.07, 6.45) is 3.68. The van der Waals surface area contributed by atoms with Gasteiger partial charge in [0.15, 0.2) is 0 Å². The lowest BCUT2D eigenvalue weighted by molar-refractivity contribution is 0.107. The van der Waals surface area contributed by atoms with Crippen LogP contribution in [0.25, 0.3) is 0 Å². The molecular weight excluding hydrogens is 226 g/mol. The Kier molecular flexibility index (Phi) is 7.72. The van der Waals surface area contributed by atoms with Crippen molar-refractivity contribution in [3.05, 3.63) is 11.6 Å². The van der Waals surface area contributed by atoms with Gasteiger partial charge in [-0.2, -0.15) is 0 Å². The van der Waals surface area contributed by atoms with Gasteiger partial charge in [-0.15, -0.1) is 0 Å². The van der Waals surface area contributed by atoms with E-state index < -0.39 is 0 Å². The van der Waals surface area contributed by atoms with Crippen molar-refractivity contribution in [3.8, 4) is 0 Å². The fraction of sp³-hybridized carbons (Fsp3) is 0.800. The van der Waals surface area contributed by atoms with E-state index in [2.05, 4.69) is 27.7 Å². The molecule has 3 nitrogen and oxygen atoms in total. The summed E-state index contributed by atoms with van der Waals surface area (Å²) in [5, 5.41) is 0. The number of hydrogen-bond acceptors (Lipinski definition) is 2. The average Bonchev–Trinajstić information content (AvgIpc) is 2.22. The summed E-state index contributed by atoms with van der Waals surface area (Å²) in [4.78, 5) is 13.7. The number of ether oxygens (including phenoxy) is 1. The van der Waals surface area contributed by atoms with Crippen LogP contribution < -0.4 is 0 Å². The van der Waals surface area contributed by atoms with Crippen LogP contribution in [0.2, 0.25) is 0 Å². The maximum absolute atomic E-state index is 11.9. The van der Waals surface area contributed by atoms with E-state index in [0.29, 0.717) is 6.61 Å². The first-order chi connectivity index (χ1) is 8.26. The predicted octanol–water partition coefficient (Wildman–Crippen LogP) is 4.24. The van der Waals surface area contributed by atoms with Crippen LogP contribution in [0.15, 0.2) is 11.6 Å². The maximum atomic E-state index is 11.9. The molecule has 106 valence electrons. The highest BCUT2D eigenvalue weighted by molar-refractivity contribution is 5.67. The monoisotopic (exact) mass is 255 g/mol. The van der Waals surface area contributed by atoms with Gasteiger partial charge in [-0.05, 0) is 38.2 Å². The van der Waals surface area contributed by atoms with Crippen LogP contribution in [0.1, 0.15) is 54.4 Å². The Labute approximate surface area is 112 Å². The molecule has 0 heterocycles. The van der Waals surface area contributed by atoms with Crippen LogP contribution >= 0.6 is 0 Å². The molecule has 18 heavy (non-hydrogen) atoms. The van der Waals surface area contributed by atoms with Crippen LogP contribution in [0, 0.1) is 5.41 Å². The number of rotatable bonds is 6. The quantitative estimate of drug-likeness (QED) is 0.664. The van der Waals surface area contributed by atoms with Crippen LogP contribution in [0.3, 0.4) is 0 Å². The fourth-order valence-corrected chi connectivity index (χ4v) is 1.41. The zero-order chi connectivity index (χ0) is 14.2. The SMILES string of the molecule is CCCN(CCC(C)(C)C)C(=O)OCC=C(C)C. The molecule has 0 rings (SSSR count). The number of allylic oxidation sites excluding steroid dienone is 1. The Morgan fingerprint density at radius 1 is 1.22 bits per heavy atom. The zero-order valence-electron chi connectivity index (χ0n) is 12.9. The first-order valence-corrected chi connectivity index (χ1v) is 6.81. The number of carbonyl (C=O) groups is 1. The van der Waals surface area contributed by atoms with Crippen molar-refractivity contribution in [3.63, 3.8) is 0 Å². The second-order valence-corrected chi connectivity index (χ2v) is 6.16. The van der Waals surface area contributed by atoms with Crippen molar-refractivity contribution >= 4 is 6.09 Å². The first kappa shape index (κ1) is 17.0. The van der Waals surface area contributed by atoms with Gasteiger partial charge in [0.2, 0.25) is 0 Å². The molecule has 0 aromatic heterocycles. The van der Waals surface area contributed by atoms with Crippen molar-refractivity contribution in [2.24, 2.45) is 5.41 Å². The molecule has 0 aliphatic heterocycles. The van der Waals surface area contributed by atoms with Crippen LogP contribution in [-0.2, 0) is 4.74 Å². The molecule has 0 aliphatic carbocycles. The van der Waals surface area contributed by atoms with E-state index in [0.717, 1.165) is 25.9 Å². The van der Waals surface area contributed by atoms with Gasteiger partial charge in [0.05, 0.1) is 0 Å². The Morgan fingerprint density at radius 3 is 2.28 bits per heavy atom. The number of carbonyl (C=O) groups excluding carboxylic acids is 1. The second-order valence-electron chi connectivity index (χ2n) is 6.16. The molecule has 0 saturated heterocycles. The largest absolute Gasteiger partial charge is 0.445 e. The molecule has 0 aliphatic rings. The fourth-order valence-electron chi connectivity index (χ4n) is 1.41. The summed E-state index contributed by atoms with van der Waals surface area (Å²) in [6, 6.07) is 0. The first-order valence-electron chi connectivity index (χ1n) is 6.81. The standard InChI is InChI=1S/C15H29NO2/c1-7-10-16(11-9-15(4,5)6)14(17)18-12-8-13(2)3/h8H,7,9-12H2,1-6H3. The highest BCUT2D eigenvalue weighted by Crippen LogP contribution is 2.19. The van der Waals surface area contributed by atoms with Crippen LogP contribution in [-0.4, -0.2) is 30.7 Å². The second kappa shape index (κ2) is 8.17. The lowest BCUT2D eigenvalue weighted by atomic mass is 9.92. The van der Waals surface area contributed by atoms with Crippen molar-refractivity contribution in [2.75, 3.05) is 19.7 Å². The van der Waals surface area contributed by atoms with E-state index in [9.17, 15) is 4.79 Å².